The standard InChI is InChI=1S/C15H16Cl2N4/c1-10-8-14(19-13-9-11(16)4-5-12(13)17)20-15(18-10)21-6-2-3-7-21/h4-5,8-9H,2-3,6-7H2,1H3,(H,18,19,20). The summed E-state index contributed by atoms with van der Waals surface area (Å²) in [7, 11) is 0. The van der Waals surface area contributed by atoms with Gasteiger partial charge in [0, 0.05) is 29.9 Å². The van der Waals surface area contributed by atoms with Gasteiger partial charge in [-0.05, 0) is 38.0 Å². The van der Waals surface area contributed by atoms with Gasteiger partial charge in [0.2, 0.25) is 5.95 Å². The molecule has 1 saturated heterocycles. The highest BCUT2D eigenvalue weighted by Gasteiger charge is 2.16. The van der Waals surface area contributed by atoms with E-state index in [0.29, 0.717) is 10.0 Å². The molecule has 0 aliphatic carbocycles. The molecule has 3 rings (SSSR count). The Morgan fingerprint density at radius 2 is 1.86 bits per heavy atom. The van der Waals surface area contributed by atoms with Crippen molar-refractivity contribution in [2.45, 2.75) is 19.8 Å². The fraction of sp³-hybridized carbons (Fsp3) is 0.333. The topological polar surface area (TPSA) is 41.1 Å². The highest BCUT2D eigenvalue weighted by Crippen LogP contribution is 2.28. The Labute approximate surface area is 134 Å². The van der Waals surface area contributed by atoms with Crippen molar-refractivity contribution in [3.05, 3.63) is 40.0 Å². The van der Waals surface area contributed by atoms with Crippen LogP contribution < -0.4 is 10.2 Å². The summed E-state index contributed by atoms with van der Waals surface area (Å²) in [6.07, 6.45) is 2.39. The van der Waals surface area contributed by atoms with Crippen molar-refractivity contribution in [2.75, 3.05) is 23.3 Å². The molecule has 110 valence electrons. The number of halogens is 2. The fourth-order valence-electron chi connectivity index (χ4n) is 2.41. The first-order valence-electron chi connectivity index (χ1n) is 6.94. The summed E-state index contributed by atoms with van der Waals surface area (Å²) >= 11 is 12.2. The van der Waals surface area contributed by atoms with Crippen LogP contribution in [0.15, 0.2) is 24.3 Å². The predicted octanol–water partition coefficient (Wildman–Crippen LogP) is 4.44. The number of aromatic nitrogens is 2. The molecule has 1 aliphatic heterocycles. The van der Waals surface area contributed by atoms with Gasteiger partial charge in [-0.25, -0.2) is 4.98 Å². The molecule has 0 amide bonds. The first-order chi connectivity index (χ1) is 10.1. The molecule has 1 aromatic carbocycles. The lowest BCUT2D eigenvalue weighted by molar-refractivity contribution is 0.891. The first-order valence-corrected chi connectivity index (χ1v) is 7.70. The zero-order chi connectivity index (χ0) is 14.8. The third-order valence-electron chi connectivity index (χ3n) is 3.42. The predicted molar refractivity (Wildman–Crippen MR) is 88.0 cm³/mol. The zero-order valence-electron chi connectivity index (χ0n) is 11.7. The van der Waals surface area contributed by atoms with Crippen molar-refractivity contribution in [1.29, 1.82) is 0 Å². The number of anilines is 3. The quantitative estimate of drug-likeness (QED) is 0.907. The molecule has 1 aromatic heterocycles. The highest BCUT2D eigenvalue weighted by atomic mass is 35.5. The molecular weight excluding hydrogens is 307 g/mol. The Kier molecular flexibility index (Phi) is 4.17. The molecule has 0 bridgehead atoms. The maximum Gasteiger partial charge on any atom is 0.227 e. The molecule has 1 N–H and O–H groups in total. The van der Waals surface area contributed by atoms with E-state index in [1.54, 1.807) is 18.2 Å². The molecule has 2 heterocycles. The van der Waals surface area contributed by atoms with Crippen molar-refractivity contribution >= 4 is 40.7 Å². The maximum atomic E-state index is 6.18. The van der Waals surface area contributed by atoms with E-state index in [-0.39, 0.29) is 0 Å². The molecule has 4 nitrogen and oxygen atoms in total. The van der Waals surface area contributed by atoms with Crippen LogP contribution in [0.3, 0.4) is 0 Å². The van der Waals surface area contributed by atoms with Crippen molar-refractivity contribution in [2.24, 2.45) is 0 Å². The molecule has 1 fully saturated rings. The van der Waals surface area contributed by atoms with Crippen LogP contribution in [0.4, 0.5) is 17.5 Å². The van der Waals surface area contributed by atoms with Crippen molar-refractivity contribution in [3.8, 4) is 0 Å². The summed E-state index contributed by atoms with van der Waals surface area (Å²) in [5.74, 6) is 1.50. The van der Waals surface area contributed by atoms with Crippen LogP contribution in [-0.4, -0.2) is 23.1 Å². The lowest BCUT2D eigenvalue weighted by Crippen LogP contribution is -2.21. The Hall–Kier alpha value is -1.52. The molecule has 0 spiro atoms. The van der Waals surface area contributed by atoms with Gasteiger partial charge in [0.15, 0.2) is 0 Å². The van der Waals surface area contributed by atoms with Gasteiger partial charge in [-0.2, -0.15) is 4.98 Å². The van der Waals surface area contributed by atoms with Gasteiger partial charge in [0.1, 0.15) is 5.82 Å². The summed E-state index contributed by atoms with van der Waals surface area (Å²) in [6, 6.07) is 7.21. The monoisotopic (exact) mass is 322 g/mol. The molecule has 1 aliphatic rings. The summed E-state index contributed by atoms with van der Waals surface area (Å²) in [6.45, 7) is 3.99. The lowest BCUT2D eigenvalue weighted by atomic mass is 10.3. The van der Waals surface area contributed by atoms with E-state index in [4.69, 9.17) is 23.2 Å². The normalized spacial score (nSPS) is 14.5. The summed E-state index contributed by atoms with van der Waals surface area (Å²) in [5, 5.41) is 4.47. The second-order valence-corrected chi connectivity index (χ2v) is 5.98. The summed E-state index contributed by atoms with van der Waals surface area (Å²) in [5.41, 5.74) is 1.67. The fourth-order valence-corrected chi connectivity index (χ4v) is 2.74. The number of rotatable bonds is 3. The van der Waals surface area contributed by atoms with Gasteiger partial charge < -0.3 is 10.2 Å². The van der Waals surface area contributed by atoms with Crippen LogP contribution in [0.25, 0.3) is 0 Å². The second kappa shape index (κ2) is 6.08. The number of hydrogen-bond acceptors (Lipinski definition) is 4. The smallest absolute Gasteiger partial charge is 0.227 e. The van der Waals surface area contributed by atoms with Gasteiger partial charge in [-0.3, -0.25) is 0 Å². The summed E-state index contributed by atoms with van der Waals surface area (Å²) in [4.78, 5) is 11.3. The van der Waals surface area contributed by atoms with E-state index in [1.807, 2.05) is 13.0 Å². The van der Waals surface area contributed by atoms with E-state index in [9.17, 15) is 0 Å². The van der Waals surface area contributed by atoms with Crippen LogP contribution in [-0.2, 0) is 0 Å². The average Bonchev–Trinajstić information content (AvgIpc) is 2.96. The maximum absolute atomic E-state index is 6.18. The minimum absolute atomic E-state index is 0.610. The first kappa shape index (κ1) is 14.4. The Balaban J connectivity index is 1.89. The molecule has 0 unspecified atom stereocenters. The van der Waals surface area contributed by atoms with E-state index in [1.165, 1.54) is 12.8 Å². The largest absolute Gasteiger partial charge is 0.341 e. The van der Waals surface area contributed by atoms with Gasteiger partial charge in [-0.15, -0.1) is 0 Å². The van der Waals surface area contributed by atoms with Crippen LogP contribution in [0.5, 0.6) is 0 Å². The van der Waals surface area contributed by atoms with Crippen LogP contribution in [0, 0.1) is 6.92 Å². The molecular formula is C15H16Cl2N4. The van der Waals surface area contributed by atoms with E-state index in [0.717, 1.165) is 36.2 Å². The van der Waals surface area contributed by atoms with E-state index in [2.05, 4.69) is 20.2 Å². The average molecular weight is 323 g/mol. The lowest BCUT2D eigenvalue weighted by Gasteiger charge is -2.17. The number of nitrogens with zero attached hydrogens (tertiary/aromatic N) is 3. The molecule has 2 aromatic rings. The van der Waals surface area contributed by atoms with Gasteiger partial charge in [0.25, 0.3) is 0 Å². The third-order valence-corrected chi connectivity index (χ3v) is 3.99. The number of benzene rings is 1. The van der Waals surface area contributed by atoms with Crippen molar-refractivity contribution in [1.82, 2.24) is 9.97 Å². The van der Waals surface area contributed by atoms with E-state index >= 15 is 0 Å². The molecule has 0 atom stereocenters. The third kappa shape index (κ3) is 3.39. The van der Waals surface area contributed by atoms with Crippen molar-refractivity contribution in [3.63, 3.8) is 0 Å². The highest BCUT2D eigenvalue weighted by molar-refractivity contribution is 6.35. The number of hydrogen-bond donors (Lipinski definition) is 1. The molecule has 0 radical (unpaired) electrons. The Morgan fingerprint density at radius 3 is 2.62 bits per heavy atom. The van der Waals surface area contributed by atoms with Crippen LogP contribution in [0.1, 0.15) is 18.5 Å². The molecule has 6 heteroatoms. The van der Waals surface area contributed by atoms with Gasteiger partial charge in [-0.1, -0.05) is 23.2 Å². The minimum Gasteiger partial charge on any atom is -0.341 e. The SMILES string of the molecule is Cc1cc(Nc2cc(Cl)ccc2Cl)nc(N2CCCC2)n1. The molecule has 0 saturated carbocycles. The number of nitrogens with one attached hydrogen (secondary N) is 1. The number of aryl methyl sites for hydroxylation is 1. The van der Waals surface area contributed by atoms with Crippen molar-refractivity contribution < 1.29 is 0 Å². The zero-order valence-corrected chi connectivity index (χ0v) is 13.2. The van der Waals surface area contributed by atoms with Crippen LogP contribution in [0.2, 0.25) is 10.0 Å². The van der Waals surface area contributed by atoms with E-state index < -0.39 is 0 Å². The second-order valence-electron chi connectivity index (χ2n) is 5.14. The Morgan fingerprint density at radius 1 is 1.10 bits per heavy atom. The minimum atomic E-state index is 0.610. The van der Waals surface area contributed by atoms with Crippen LogP contribution >= 0.6 is 23.2 Å². The van der Waals surface area contributed by atoms with Gasteiger partial charge in [0.05, 0.1) is 10.7 Å². The summed E-state index contributed by atoms with van der Waals surface area (Å²) < 4.78 is 0. The van der Waals surface area contributed by atoms with Gasteiger partial charge >= 0.3 is 0 Å². The Bertz CT molecular complexity index is 654. The molecule has 21 heavy (non-hydrogen) atoms.